The van der Waals surface area contributed by atoms with Crippen molar-refractivity contribution >= 4 is 11.9 Å². The predicted molar refractivity (Wildman–Crippen MR) is 68.6 cm³/mol. The Labute approximate surface area is 108 Å². The first-order chi connectivity index (χ1) is 8.38. The number of aliphatic carboxylic acids is 2. The minimum Gasteiger partial charge on any atom is -0.480 e. The van der Waals surface area contributed by atoms with Crippen molar-refractivity contribution < 1.29 is 19.8 Å². The Morgan fingerprint density at radius 3 is 2.17 bits per heavy atom. The highest BCUT2D eigenvalue weighted by atomic mass is 16.4. The molecule has 106 valence electrons. The summed E-state index contributed by atoms with van der Waals surface area (Å²) >= 11 is 0. The number of carboxylic acid groups (broad SMARTS) is 2. The molecular formula is C12H24N2O4. The zero-order valence-corrected chi connectivity index (χ0v) is 11.3. The Balaban J connectivity index is 0.000000327. The largest absolute Gasteiger partial charge is 0.480 e. The van der Waals surface area contributed by atoms with Crippen molar-refractivity contribution in [2.75, 3.05) is 13.6 Å². The van der Waals surface area contributed by atoms with Crippen molar-refractivity contribution in [3.63, 3.8) is 0 Å². The smallest absolute Gasteiger partial charge is 0.320 e. The minimum absolute atomic E-state index is 0.269. The second kappa shape index (κ2) is 8.88. The summed E-state index contributed by atoms with van der Waals surface area (Å²) in [6.45, 7) is 4.87. The van der Waals surface area contributed by atoms with Crippen LogP contribution in [-0.2, 0) is 9.59 Å². The normalized spacial score (nSPS) is 20.1. The summed E-state index contributed by atoms with van der Waals surface area (Å²) < 4.78 is 0. The highest BCUT2D eigenvalue weighted by molar-refractivity contribution is 5.73. The number of hydrogen-bond donors (Lipinski definition) is 4. The first-order valence-electron chi connectivity index (χ1n) is 6.24. The van der Waals surface area contributed by atoms with E-state index in [9.17, 15) is 9.59 Å². The third-order valence-electron chi connectivity index (χ3n) is 2.71. The van der Waals surface area contributed by atoms with Gasteiger partial charge in [-0.3, -0.25) is 9.59 Å². The van der Waals surface area contributed by atoms with Crippen molar-refractivity contribution in [1.29, 1.82) is 0 Å². The molecule has 0 unspecified atom stereocenters. The second-order valence-corrected chi connectivity index (χ2v) is 4.80. The molecule has 6 nitrogen and oxygen atoms in total. The second-order valence-electron chi connectivity index (χ2n) is 4.80. The van der Waals surface area contributed by atoms with Crippen molar-refractivity contribution in [2.24, 2.45) is 5.92 Å². The molecule has 4 N–H and O–H groups in total. The van der Waals surface area contributed by atoms with Crippen LogP contribution >= 0.6 is 0 Å². The fraction of sp³-hybridized carbons (Fsp3) is 0.833. The maximum atomic E-state index is 10.4. The summed E-state index contributed by atoms with van der Waals surface area (Å²) in [5.41, 5.74) is 0. The Kier molecular flexibility index (Phi) is 8.32. The number of rotatable bonds is 5. The molecule has 0 aromatic rings. The van der Waals surface area contributed by atoms with Crippen LogP contribution in [0.15, 0.2) is 0 Å². The van der Waals surface area contributed by atoms with E-state index in [1.807, 2.05) is 13.8 Å². The van der Waals surface area contributed by atoms with E-state index in [1.54, 1.807) is 7.05 Å². The fourth-order valence-electron chi connectivity index (χ4n) is 1.71. The van der Waals surface area contributed by atoms with Crippen molar-refractivity contribution in [3.8, 4) is 0 Å². The number of nitrogens with one attached hydrogen (secondary N) is 2. The van der Waals surface area contributed by atoms with E-state index in [2.05, 4.69) is 10.6 Å². The molecule has 0 saturated carbocycles. The summed E-state index contributed by atoms with van der Waals surface area (Å²) in [4.78, 5) is 20.5. The average Bonchev–Trinajstić information content (AvgIpc) is 2.79. The molecule has 2 atom stereocenters. The van der Waals surface area contributed by atoms with Gasteiger partial charge in [0.15, 0.2) is 0 Å². The summed E-state index contributed by atoms with van der Waals surface area (Å²) in [6.07, 6.45) is 2.47. The third kappa shape index (κ3) is 7.24. The molecule has 6 heteroatoms. The van der Waals surface area contributed by atoms with E-state index in [-0.39, 0.29) is 12.1 Å². The lowest BCUT2D eigenvalue weighted by Crippen LogP contribution is -2.34. The van der Waals surface area contributed by atoms with Crippen LogP contribution in [0.5, 0.6) is 0 Å². The van der Waals surface area contributed by atoms with Gasteiger partial charge in [-0.15, -0.1) is 0 Å². The zero-order valence-electron chi connectivity index (χ0n) is 11.3. The number of carboxylic acids is 2. The summed E-state index contributed by atoms with van der Waals surface area (Å²) in [6, 6.07) is -0.657. The Morgan fingerprint density at radius 1 is 1.39 bits per heavy atom. The van der Waals surface area contributed by atoms with E-state index < -0.39 is 11.9 Å². The third-order valence-corrected chi connectivity index (χ3v) is 2.71. The lowest BCUT2D eigenvalue weighted by atomic mass is 10.0. The molecule has 0 radical (unpaired) electrons. The van der Waals surface area contributed by atoms with Crippen LogP contribution in [0, 0.1) is 5.92 Å². The summed E-state index contributed by atoms with van der Waals surface area (Å²) in [7, 11) is 1.67. The number of carbonyl (C=O) groups is 2. The molecule has 0 aliphatic carbocycles. The predicted octanol–water partition coefficient (Wildman–Crippen LogP) is 0.528. The highest BCUT2D eigenvalue weighted by Crippen LogP contribution is 2.04. The average molecular weight is 260 g/mol. The van der Waals surface area contributed by atoms with Gasteiger partial charge in [0.2, 0.25) is 0 Å². The van der Waals surface area contributed by atoms with Crippen molar-refractivity contribution in [2.45, 2.75) is 45.2 Å². The monoisotopic (exact) mass is 260 g/mol. The number of likely N-dealkylation sites (N-methyl/N-ethyl adjacent to an activating group) is 1. The maximum Gasteiger partial charge on any atom is 0.320 e. The van der Waals surface area contributed by atoms with Gasteiger partial charge < -0.3 is 20.8 Å². The van der Waals surface area contributed by atoms with Crippen molar-refractivity contribution in [3.05, 3.63) is 0 Å². The van der Waals surface area contributed by atoms with Crippen LogP contribution < -0.4 is 10.6 Å². The van der Waals surface area contributed by atoms with Gasteiger partial charge in [-0.2, -0.15) is 0 Å². The Hall–Kier alpha value is -1.14. The summed E-state index contributed by atoms with van der Waals surface area (Å²) in [5.74, 6) is -1.06. The molecule has 1 rings (SSSR count). The molecule has 0 aromatic heterocycles. The Morgan fingerprint density at radius 2 is 2.00 bits per heavy atom. The van der Waals surface area contributed by atoms with Gasteiger partial charge >= 0.3 is 11.9 Å². The lowest BCUT2D eigenvalue weighted by Gasteiger charge is -2.12. The maximum absolute atomic E-state index is 10.4. The van der Waals surface area contributed by atoms with Crippen LogP contribution in [-0.4, -0.2) is 47.8 Å². The van der Waals surface area contributed by atoms with Gasteiger partial charge in [0, 0.05) is 0 Å². The molecule has 0 amide bonds. The zero-order chi connectivity index (χ0) is 14.1. The van der Waals surface area contributed by atoms with E-state index in [1.165, 1.54) is 0 Å². The van der Waals surface area contributed by atoms with Gasteiger partial charge in [0.25, 0.3) is 0 Å². The molecule has 0 spiro atoms. The number of hydrogen-bond acceptors (Lipinski definition) is 4. The molecule has 1 heterocycles. The van der Waals surface area contributed by atoms with E-state index in [4.69, 9.17) is 10.2 Å². The van der Waals surface area contributed by atoms with Crippen LogP contribution in [0.3, 0.4) is 0 Å². The van der Waals surface area contributed by atoms with Crippen molar-refractivity contribution in [1.82, 2.24) is 10.6 Å². The first kappa shape index (κ1) is 16.9. The van der Waals surface area contributed by atoms with Gasteiger partial charge in [-0.25, -0.2) is 0 Å². The van der Waals surface area contributed by atoms with E-state index in [0.29, 0.717) is 12.3 Å². The highest BCUT2D eigenvalue weighted by Gasteiger charge is 2.20. The quantitative estimate of drug-likeness (QED) is 0.575. The molecule has 0 bridgehead atoms. The molecule has 0 aromatic carbocycles. The first-order valence-corrected chi connectivity index (χ1v) is 6.24. The topological polar surface area (TPSA) is 98.7 Å². The standard InChI is InChI=1S/C7H15NO2.C5H9NO2/c1-5(2)4-6(8-3)7(9)10;7-5(8)4-2-1-3-6-4/h5-6,8H,4H2,1-3H3,(H,9,10);4,6H,1-3H2,(H,7,8)/t6-;4-/m00/s1. The van der Waals surface area contributed by atoms with Gasteiger partial charge in [0.1, 0.15) is 12.1 Å². The molecule has 1 aliphatic rings. The van der Waals surface area contributed by atoms with Gasteiger partial charge in [0.05, 0.1) is 0 Å². The fourth-order valence-corrected chi connectivity index (χ4v) is 1.71. The minimum atomic E-state index is -0.767. The van der Waals surface area contributed by atoms with Crippen LogP contribution in [0.4, 0.5) is 0 Å². The lowest BCUT2D eigenvalue weighted by molar-refractivity contribution is -0.140. The molecule has 1 aliphatic heterocycles. The molecule has 1 fully saturated rings. The summed E-state index contributed by atoms with van der Waals surface area (Å²) in [5, 5.41) is 22.5. The van der Waals surface area contributed by atoms with Crippen LogP contribution in [0.1, 0.15) is 33.1 Å². The molecule has 18 heavy (non-hydrogen) atoms. The Bertz CT molecular complexity index is 263. The van der Waals surface area contributed by atoms with E-state index >= 15 is 0 Å². The van der Waals surface area contributed by atoms with Crippen LogP contribution in [0.25, 0.3) is 0 Å². The van der Waals surface area contributed by atoms with Gasteiger partial charge in [-0.1, -0.05) is 13.8 Å². The molecular weight excluding hydrogens is 236 g/mol. The van der Waals surface area contributed by atoms with Gasteiger partial charge in [-0.05, 0) is 38.8 Å². The molecule has 1 saturated heterocycles. The SMILES string of the molecule is CN[C@@H](CC(C)C)C(=O)O.O=C(O)[C@@H]1CCCN1. The van der Waals surface area contributed by atoms with Crippen LogP contribution in [0.2, 0.25) is 0 Å². The van der Waals surface area contributed by atoms with E-state index in [0.717, 1.165) is 19.4 Å².